The second-order valence-corrected chi connectivity index (χ2v) is 9.14. The molecule has 1 saturated carbocycles. The van der Waals surface area contributed by atoms with Crippen LogP contribution >= 0.6 is 0 Å². The number of rotatable bonds is 9. The number of pyridine rings is 1. The number of carbonyl (C=O) groups is 2. The van der Waals surface area contributed by atoms with E-state index in [2.05, 4.69) is 4.98 Å². The molecular weight excluding hydrogens is 461 g/mol. The van der Waals surface area contributed by atoms with E-state index >= 15 is 0 Å². The molecule has 2 aromatic heterocycles. The van der Waals surface area contributed by atoms with Crippen LogP contribution in [0.5, 0.6) is 11.5 Å². The molecule has 0 amide bonds. The fraction of sp³-hybridized carbons (Fsp3) is 0.276. The second-order valence-electron chi connectivity index (χ2n) is 9.14. The summed E-state index contributed by atoms with van der Waals surface area (Å²) in [5, 5.41) is 0.757. The number of furan rings is 1. The van der Waals surface area contributed by atoms with Gasteiger partial charge < -0.3 is 13.9 Å². The zero-order valence-corrected chi connectivity index (χ0v) is 20.4. The predicted octanol–water partition coefficient (Wildman–Crippen LogP) is 6.65. The van der Waals surface area contributed by atoms with Crippen molar-refractivity contribution in [2.24, 2.45) is 0 Å². The van der Waals surface area contributed by atoms with Gasteiger partial charge in [0.2, 0.25) is 0 Å². The van der Waals surface area contributed by atoms with E-state index in [1.54, 1.807) is 49.6 Å². The van der Waals surface area contributed by atoms with Gasteiger partial charge in [0.15, 0.2) is 28.6 Å². The van der Waals surface area contributed by atoms with Gasteiger partial charge in [-0.2, -0.15) is 0 Å². The number of ether oxygens (including phenoxy) is 2. The number of aromatic nitrogens is 1. The lowest BCUT2D eigenvalue weighted by Gasteiger charge is -2.11. The molecule has 0 atom stereocenters. The number of hydrogen-bond donors (Lipinski definition) is 0. The van der Waals surface area contributed by atoms with Gasteiger partial charge in [-0.3, -0.25) is 9.59 Å². The molecule has 0 unspecified atom stereocenters. The number of Topliss-reactive ketones (excluding diaryl/α,β-unsaturated/α-hetero) is 2. The van der Waals surface area contributed by atoms with E-state index in [4.69, 9.17) is 13.9 Å². The molecule has 1 aliphatic carbocycles. The summed E-state index contributed by atoms with van der Waals surface area (Å²) in [5.41, 5.74) is 3.68. The van der Waals surface area contributed by atoms with Gasteiger partial charge in [-0.05, 0) is 80.3 Å². The van der Waals surface area contributed by atoms with Crippen LogP contribution < -0.4 is 9.47 Å². The Morgan fingerprint density at radius 3 is 2.50 bits per heavy atom. The van der Waals surface area contributed by atoms with Gasteiger partial charge in [-0.15, -0.1) is 0 Å². The molecule has 1 aliphatic rings. The first-order valence-corrected chi connectivity index (χ1v) is 11.9. The molecule has 0 spiro atoms. The first-order chi connectivity index (χ1) is 17.3. The largest absolute Gasteiger partial charge is 0.493 e. The molecule has 0 saturated heterocycles. The van der Waals surface area contributed by atoms with Crippen molar-refractivity contribution < 1.29 is 27.9 Å². The number of fused-ring (bicyclic) bond motifs is 1. The van der Waals surface area contributed by atoms with Gasteiger partial charge in [-0.25, -0.2) is 9.37 Å². The van der Waals surface area contributed by atoms with Crippen molar-refractivity contribution in [2.75, 3.05) is 7.11 Å². The predicted molar refractivity (Wildman–Crippen MR) is 133 cm³/mol. The molecule has 0 N–H and O–H groups in total. The molecule has 0 aliphatic heterocycles. The Bertz CT molecular complexity index is 1480. The Balaban J connectivity index is 1.37. The summed E-state index contributed by atoms with van der Waals surface area (Å²) in [7, 11) is 1.53. The Kier molecular flexibility index (Phi) is 6.31. The van der Waals surface area contributed by atoms with Gasteiger partial charge in [-0.1, -0.05) is 0 Å². The Morgan fingerprint density at radius 1 is 1.00 bits per heavy atom. The molecule has 0 bridgehead atoms. The average molecular weight is 488 g/mol. The van der Waals surface area contributed by atoms with E-state index in [1.807, 2.05) is 6.92 Å². The number of hydrogen-bond acceptors (Lipinski definition) is 6. The van der Waals surface area contributed by atoms with Crippen LogP contribution in [-0.2, 0) is 0 Å². The van der Waals surface area contributed by atoms with Crippen LogP contribution in [0, 0.1) is 19.7 Å². The molecule has 6 nitrogen and oxygen atoms in total. The number of ketones is 2. The maximum Gasteiger partial charge on any atom is 0.181 e. The minimum absolute atomic E-state index is 0.00122. The van der Waals surface area contributed by atoms with Crippen LogP contribution in [-0.4, -0.2) is 29.8 Å². The van der Waals surface area contributed by atoms with Crippen LogP contribution in [0.4, 0.5) is 4.39 Å². The van der Waals surface area contributed by atoms with Crippen molar-refractivity contribution in [3.8, 4) is 22.8 Å². The SMILES string of the molecule is COc1cc(C(=O)CCC(=O)c2cc3c(C)coc3c(-c3ccc(F)c(C)c3)n2)ccc1OC1CC1. The zero-order valence-electron chi connectivity index (χ0n) is 20.4. The van der Waals surface area contributed by atoms with Crippen molar-refractivity contribution in [3.05, 3.63) is 76.9 Å². The minimum Gasteiger partial charge on any atom is -0.493 e. The third kappa shape index (κ3) is 4.73. The molecule has 0 radical (unpaired) electrons. The highest BCUT2D eigenvalue weighted by atomic mass is 19.1. The maximum absolute atomic E-state index is 13.8. The molecule has 36 heavy (non-hydrogen) atoms. The molecule has 2 aromatic carbocycles. The monoisotopic (exact) mass is 487 g/mol. The Morgan fingerprint density at radius 2 is 1.78 bits per heavy atom. The number of nitrogens with zero attached hydrogens (tertiary/aromatic N) is 1. The quantitative estimate of drug-likeness (QED) is 0.246. The minimum atomic E-state index is -0.319. The van der Waals surface area contributed by atoms with Gasteiger partial charge >= 0.3 is 0 Å². The van der Waals surface area contributed by atoms with Crippen LogP contribution in [0.3, 0.4) is 0 Å². The van der Waals surface area contributed by atoms with E-state index in [1.165, 1.54) is 13.2 Å². The summed E-state index contributed by atoms with van der Waals surface area (Å²) in [6.45, 7) is 3.55. The zero-order chi connectivity index (χ0) is 25.4. The fourth-order valence-electron chi connectivity index (χ4n) is 4.09. The lowest BCUT2D eigenvalue weighted by molar-refractivity contribution is 0.0915. The van der Waals surface area contributed by atoms with Gasteiger partial charge in [0, 0.05) is 29.4 Å². The lowest BCUT2D eigenvalue weighted by Crippen LogP contribution is -2.08. The molecule has 2 heterocycles. The first-order valence-electron chi connectivity index (χ1n) is 11.9. The van der Waals surface area contributed by atoms with E-state index in [0.29, 0.717) is 39.5 Å². The summed E-state index contributed by atoms with van der Waals surface area (Å²) in [4.78, 5) is 30.5. The molecule has 184 valence electrons. The Labute approximate surface area is 208 Å². The second kappa shape index (κ2) is 9.57. The number of benzene rings is 2. The van der Waals surface area contributed by atoms with E-state index in [-0.39, 0.29) is 42.0 Å². The topological polar surface area (TPSA) is 78.6 Å². The highest BCUT2D eigenvalue weighted by Gasteiger charge is 2.25. The van der Waals surface area contributed by atoms with Gasteiger partial charge in [0.25, 0.3) is 0 Å². The van der Waals surface area contributed by atoms with Crippen LogP contribution in [0.15, 0.2) is 53.1 Å². The lowest BCUT2D eigenvalue weighted by atomic mass is 10.0. The standard InChI is InChI=1S/C29H26FNO5/c1-16-12-19(4-8-22(16)30)28-29-21(17(2)15-35-29)14-23(31-28)25(33)10-9-24(32)18-5-11-26(27(13-18)34-3)36-20-6-7-20/h4-5,8,11-15,20H,6-7,9-10H2,1-3H3. The van der Waals surface area contributed by atoms with Crippen LogP contribution in [0.25, 0.3) is 22.2 Å². The summed E-state index contributed by atoms with van der Waals surface area (Å²) >= 11 is 0. The van der Waals surface area contributed by atoms with Crippen LogP contribution in [0.1, 0.15) is 57.7 Å². The van der Waals surface area contributed by atoms with Crippen molar-refractivity contribution in [1.82, 2.24) is 4.98 Å². The van der Waals surface area contributed by atoms with Gasteiger partial charge in [0.05, 0.1) is 19.5 Å². The third-order valence-electron chi connectivity index (χ3n) is 6.35. The van der Waals surface area contributed by atoms with Gasteiger partial charge in [0.1, 0.15) is 17.2 Å². The van der Waals surface area contributed by atoms with E-state index in [9.17, 15) is 14.0 Å². The normalized spacial score (nSPS) is 13.1. The summed E-state index contributed by atoms with van der Waals surface area (Å²) < 4.78 is 30.7. The summed E-state index contributed by atoms with van der Waals surface area (Å²) in [6, 6.07) is 11.4. The molecule has 1 fully saturated rings. The van der Waals surface area contributed by atoms with E-state index < -0.39 is 0 Å². The van der Waals surface area contributed by atoms with Crippen molar-refractivity contribution in [1.29, 1.82) is 0 Å². The number of methoxy groups -OCH3 is 1. The van der Waals surface area contributed by atoms with Crippen molar-refractivity contribution in [3.63, 3.8) is 0 Å². The molecule has 4 aromatic rings. The third-order valence-corrected chi connectivity index (χ3v) is 6.35. The molecule has 5 rings (SSSR count). The first kappa shape index (κ1) is 23.7. The summed E-state index contributed by atoms with van der Waals surface area (Å²) in [6.07, 6.45) is 3.89. The molecular formula is C29H26FNO5. The number of aryl methyl sites for hydroxylation is 2. The smallest absolute Gasteiger partial charge is 0.181 e. The maximum atomic E-state index is 13.8. The highest BCUT2D eigenvalue weighted by molar-refractivity contribution is 6.04. The van der Waals surface area contributed by atoms with E-state index in [0.717, 1.165) is 23.8 Å². The fourth-order valence-corrected chi connectivity index (χ4v) is 4.09. The van der Waals surface area contributed by atoms with Crippen molar-refractivity contribution in [2.45, 2.75) is 45.6 Å². The van der Waals surface area contributed by atoms with Crippen molar-refractivity contribution >= 4 is 22.5 Å². The Hall–Kier alpha value is -4.00. The summed E-state index contributed by atoms with van der Waals surface area (Å²) in [5.74, 6) is 0.367. The average Bonchev–Trinajstić information content (AvgIpc) is 3.63. The molecule has 7 heteroatoms. The highest BCUT2D eigenvalue weighted by Crippen LogP contribution is 2.35. The number of halogens is 1. The van der Waals surface area contributed by atoms with Crippen LogP contribution in [0.2, 0.25) is 0 Å². The number of carbonyl (C=O) groups excluding carboxylic acids is 2.